The third-order valence-electron chi connectivity index (χ3n) is 2.90. The Morgan fingerprint density at radius 1 is 1.44 bits per heavy atom. The van der Waals surface area contributed by atoms with Gasteiger partial charge in [-0.05, 0) is 25.0 Å². The van der Waals surface area contributed by atoms with Crippen molar-refractivity contribution in [3.05, 3.63) is 24.0 Å². The topological polar surface area (TPSA) is 82.8 Å². The Balaban J connectivity index is 2.17. The first-order chi connectivity index (χ1) is 8.53. The molecule has 0 saturated heterocycles. The molecule has 18 heavy (non-hydrogen) atoms. The Hall–Kier alpha value is -0.970. The Labute approximate surface area is 114 Å². The van der Waals surface area contributed by atoms with Crippen LogP contribution in [0.2, 0.25) is 0 Å². The van der Waals surface area contributed by atoms with Gasteiger partial charge in [0, 0.05) is 17.1 Å². The highest BCUT2D eigenvalue weighted by Crippen LogP contribution is 2.26. The number of rotatable bonds is 3. The summed E-state index contributed by atoms with van der Waals surface area (Å²) < 4.78 is 26.8. The third kappa shape index (κ3) is 2.88. The molecule has 7 heteroatoms. The minimum absolute atomic E-state index is 0.0781. The van der Waals surface area contributed by atoms with E-state index in [1.807, 2.05) is 6.07 Å². The van der Waals surface area contributed by atoms with Gasteiger partial charge in [-0.2, -0.15) is 5.26 Å². The summed E-state index contributed by atoms with van der Waals surface area (Å²) in [5.74, 6) is 0. The number of sulfonamides is 1. The SMILES string of the molecule is N#Cc1ccc(S(=O)(=O)NC2CCCC2Br)cn1. The van der Waals surface area contributed by atoms with E-state index in [1.54, 1.807) is 0 Å². The molecule has 1 aromatic rings. The van der Waals surface area contributed by atoms with Gasteiger partial charge in [-0.25, -0.2) is 18.1 Å². The van der Waals surface area contributed by atoms with Crippen LogP contribution in [0.25, 0.3) is 0 Å². The Bertz CT molecular complexity index is 565. The number of pyridine rings is 1. The van der Waals surface area contributed by atoms with Crippen molar-refractivity contribution in [1.82, 2.24) is 9.71 Å². The van der Waals surface area contributed by atoms with Crippen LogP contribution in [0.1, 0.15) is 25.0 Å². The van der Waals surface area contributed by atoms with Gasteiger partial charge >= 0.3 is 0 Å². The van der Waals surface area contributed by atoms with Crippen LogP contribution >= 0.6 is 15.9 Å². The number of alkyl halides is 1. The van der Waals surface area contributed by atoms with E-state index in [0.717, 1.165) is 19.3 Å². The van der Waals surface area contributed by atoms with Crippen molar-refractivity contribution in [3.8, 4) is 6.07 Å². The Kier molecular flexibility index (Phi) is 4.00. The summed E-state index contributed by atoms with van der Waals surface area (Å²) in [6.07, 6.45) is 4.02. The lowest BCUT2D eigenvalue weighted by molar-refractivity contribution is 0.556. The van der Waals surface area contributed by atoms with Crippen molar-refractivity contribution in [1.29, 1.82) is 5.26 Å². The van der Waals surface area contributed by atoms with E-state index in [-0.39, 0.29) is 21.5 Å². The highest BCUT2D eigenvalue weighted by molar-refractivity contribution is 9.09. The van der Waals surface area contributed by atoms with Crippen molar-refractivity contribution >= 4 is 26.0 Å². The molecule has 2 unspecified atom stereocenters. The second-order valence-corrected chi connectivity index (χ2v) is 7.06. The molecule has 1 aromatic heterocycles. The highest BCUT2D eigenvalue weighted by Gasteiger charge is 2.29. The van der Waals surface area contributed by atoms with Crippen LogP contribution in [0.3, 0.4) is 0 Å². The molecule has 5 nitrogen and oxygen atoms in total. The predicted molar refractivity (Wildman–Crippen MR) is 69.6 cm³/mol. The lowest BCUT2D eigenvalue weighted by Crippen LogP contribution is -2.37. The van der Waals surface area contributed by atoms with E-state index in [0.29, 0.717) is 0 Å². The number of nitrogens with one attached hydrogen (secondary N) is 1. The maximum Gasteiger partial charge on any atom is 0.242 e. The number of nitrogens with zero attached hydrogens (tertiary/aromatic N) is 2. The molecule has 1 heterocycles. The van der Waals surface area contributed by atoms with E-state index in [4.69, 9.17) is 5.26 Å². The number of halogens is 1. The summed E-state index contributed by atoms with van der Waals surface area (Å²) in [7, 11) is -3.55. The van der Waals surface area contributed by atoms with Crippen LogP contribution in [0.5, 0.6) is 0 Å². The van der Waals surface area contributed by atoms with E-state index >= 15 is 0 Å². The summed E-state index contributed by atoms with van der Waals surface area (Å²) in [6.45, 7) is 0. The zero-order valence-corrected chi connectivity index (χ0v) is 11.9. The average molecular weight is 330 g/mol. The average Bonchev–Trinajstić information content (AvgIpc) is 2.74. The normalized spacial score (nSPS) is 23.8. The molecular formula is C11H12BrN3O2S. The maximum atomic E-state index is 12.1. The summed E-state index contributed by atoms with van der Waals surface area (Å²) in [4.78, 5) is 4.04. The van der Waals surface area contributed by atoms with Gasteiger partial charge in [0.05, 0.1) is 0 Å². The summed E-state index contributed by atoms with van der Waals surface area (Å²) in [5, 5.41) is 8.61. The summed E-state index contributed by atoms with van der Waals surface area (Å²) in [5.41, 5.74) is 0.202. The zero-order valence-electron chi connectivity index (χ0n) is 9.51. The van der Waals surface area contributed by atoms with Gasteiger partial charge in [0.1, 0.15) is 16.7 Å². The zero-order chi connectivity index (χ0) is 13.2. The van der Waals surface area contributed by atoms with E-state index in [1.165, 1.54) is 18.3 Å². The van der Waals surface area contributed by atoms with Crippen LogP contribution in [0.4, 0.5) is 0 Å². The molecule has 1 N–H and O–H groups in total. The second kappa shape index (κ2) is 5.34. The molecule has 2 rings (SSSR count). The maximum absolute atomic E-state index is 12.1. The van der Waals surface area contributed by atoms with Crippen molar-refractivity contribution < 1.29 is 8.42 Å². The molecule has 0 aromatic carbocycles. The van der Waals surface area contributed by atoms with Crippen molar-refractivity contribution in [2.45, 2.75) is 35.0 Å². The van der Waals surface area contributed by atoms with Gasteiger partial charge < -0.3 is 0 Å². The molecule has 96 valence electrons. The van der Waals surface area contributed by atoms with Gasteiger partial charge in [0.15, 0.2) is 0 Å². The van der Waals surface area contributed by atoms with E-state index in [2.05, 4.69) is 25.6 Å². The molecular weight excluding hydrogens is 318 g/mol. The van der Waals surface area contributed by atoms with Crippen LogP contribution < -0.4 is 4.72 Å². The van der Waals surface area contributed by atoms with Gasteiger partial charge in [-0.1, -0.05) is 22.4 Å². The molecule has 0 bridgehead atoms. The molecule has 1 aliphatic rings. The molecule has 0 amide bonds. The minimum Gasteiger partial charge on any atom is -0.244 e. The summed E-state index contributed by atoms with van der Waals surface area (Å²) >= 11 is 3.47. The molecule has 2 atom stereocenters. The molecule has 1 aliphatic carbocycles. The van der Waals surface area contributed by atoms with Gasteiger partial charge in [0.25, 0.3) is 0 Å². The molecule has 0 radical (unpaired) electrons. The molecule has 1 fully saturated rings. The van der Waals surface area contributed by atoms with Crippen molar-refractivity contribution in [3.63, 3.8) is 0 Å². The first-order valence-corrected chi connectivity index (χ1v) is 7.95. The third-order valence-corrected chi connectivity index (χ3v) is 5.47. The quantitative estimate of drug-likeness (QED) is 0.853. The first kappa shape index (κ1) is 13.5. The van der Waals surface area contributed by atoms with Crippen molar-refractivity contribution in [2.24, 2.45) is 0 Å². The predicted octanol–water partition coefficient (Wildman–Crippen LogP) is 1.55. The standard InChI is InChI=1S/C11H12BrN3O2S/c12-10-2-1-3-11(10)15-18(16,17)9-5-4-8(6-13)14-7-9/h4-5,7,10-11,15H,1-3H2. The number of hydrogen-bond donors (Lipinski definition) is 1. The largest absolute Gasteiger partial charge is 0.244 e. The number of aromatic nitrogens is 1. The lowest BCUT2D eigenvalue weighted by Gasteiger charge is -2.16. The fraction of sp³-hybridized carbons (Fsp3) is 0.455. The van der Waals surface area contributed by atoms with E-state index < -0.39 is 10.0 Å². The van der Waals surface area contributed by atoms with Crippen LogP contribution in [0, 0.1) is 11.3 Å². The fourth-order valence-electron chi connectivity index (χ4n) is 1.92. The second-order valence-electron chi connectivity index (χ2n) is 4.17. The monoisotopic (exact) mass is 329 g/mol. The molecule has 1 saturated carbocycles. The number of nitriles is 1. The summed E-state index contributed by atoms with van der Waals surface area (Å²) in [6, 6.07) is 4.57. The van der Waals surface area contributed by atoms with Crippen molar-refractivity contribution in [2.75, 3.05) is 0 Å². The van der Waals surface area contributed by atoms with Gasteiger partial charge in [-0.15, -0.1) is 0 Å². The molecule has 0 aliphatic heterocycles. The number of hydrogen-bond acceptors (Lipinski definition) is 4. The highest BCUT2D eigenvalue weighted by atomic mass is 79.9. The van der Waals surface area contributed by atoms with Gasteiger partial charge in [-0.3, -0.25) is 0 Å². The van der Waals surface area contributed by atoms with Gasteiger partial charge in [0.2, 0.25) is 10.0 Å². The van der Waals surface area contributed by atoms with Crippen LogP contribution in [-0.2, 0) is 10.0 Å². The fourth-order valence-corrected chi connectivity index (χ4v) is 4.07. The first-order valence-electron chi connectivity index (χ1n) is 5.55. The van der Waals surface area contributed by atoms with Crippen LogP contribution in [-0.4, -0.2) is 24.3 Å². The Morgan fingerprint density at radius 3 is 2.72 bits per heavy atom. The smallest absolute Gasteiger partial charge is 0.242 e. The Morgan fingerprint density at radius 2 is 2.22 bits per heavy atom. The lowest BCUT2D eigenvalue weighted by atomic mass is 10.3. The minimum atomic E-state index is -3.55. The van der Waals surface area contributed by atoms with Crippen LogP contribution in [0.15, 0.2) is 23.2 Å². The molecule has 0 spiro atoms. The van der Waals surface area contributed by atoms with E-state index in [9.17, 15) is 8.42 Å².